The SMILES string of the molecule is CCCCNc1nc(-c2cc3c([nH]c2=O)CCC3)cs1. The van der Waals surface area contributed by atoms with Gasteiger partial charge in [0, 0.05) is 17.6 Å². The van der Waals surface area contributed by atoms with Crippen molar-refractivity contribution in [2.45, 2.75) is 39.0 Å². The van der Waals surface area contributed by atoms with Crippen LogP contribution < -0.4 is 10.9 Å². The molecule has 1 aliphatic rings. The Hall–Kier alpha value is -1.62. The van der Waals surface area contributed by atoms with Crippen molar-refractivity contribution >= 4 is 16.5 Å². The number of thiazole rings is 1. The van der Waals surface area contributed by atoms with Crippen molar-refractivity contribution in [2.24, 2.45) is 0 Å². The van der Waals surface area contributed by atoms with E-state index < -0.39 is 0 Å². The van der Waals surface area contributed by atoms with E-state index in [4.69, 9.17) is 0 Å². The molecule has 2 N–H and O–H groups in total. The Morgan fingerprint density at radius 1 is 1.45 bits per heavy atom. The lowest BCUT2D eigenvalue weighted by atomic mass is 10.1. The summed E-state index contributed by atoms with van der Waals surface area (Å²) in [6.45, 7) is 3.10. The van der Waals surface area contributed by atoms with Crippen molar-refractivity contribution in [3.8, 4) is 11.3 Å². The van der Waals surface area contributed by atoms with Gasteiger partial charge in [0.25, 0.3) is 5.56 Å². The fourth-order valence-corrected chi connectivity index (χ4v) is 3.29. The van der Waals surface area contributed by atoms with E-state index in [1.807, 2.05) is 11.4 Å². The number of aromatic amines is 1. The van der Waals surface area contributed by atoms with Crippen molar-refractivity contribution in [1.82, 2.24) is 9.97 Å². The van der Waals surface area contributed by atoms with E-state index in [0.717, 1.165) is 55.2 Å². The average Bonchev–Trinajstić information content (AvgIpc) is 3.06. The smallest absolute Gasteiger partial charge is 0.257 e. The molecule has 0 saturated heterocycles. The summed E-state index contributed by atoms with van der Waals surface area (Å²) in [5.41, 5.74) is 3.84. The van der Waals surface area contributed by atoms with Crippen LogP contribution in [-0.4, -0.2) is 16.5 Å². The van der Waals surface area contributed by atoms with Gasteiger partial charge in [0.1, 0.15) is 0 Å². The number of rotatable bonds is 5. The second-order valence-corrected chi connectivity index (χ2v) is 6.05. The predicted octanol–water partition coefficient (Wildman–Crippen LogP) is 3.20. The van der Waals surface area contributed by atoms with Crippen LogP contribution >= 0.6 is 11.3 Å². The summed E-state index contributed by atoms with van der Waals surface area (Å²) in [5, 5.41) is 6.16. The first kappa shape index (κ1) is 13.4. The zero-order valence-electron chi connectivity index (χ0n) is 11.7. The van der Waals surface area contributed by atoms with Crippen molar-refractivity contribution < 1.29 is 0 Å². The largest absolute Gasteiger partial charge is 0.362 e. The molecule has 0 radical (unpaired) electrons. The van der Waals surface area contributed by atoms with Gasteiger partial charge in [0.15, 0.2) is 5.13 Å². The molecule has 0 amide bonds. The normalized spacial score (nSPS) is 13.4. The van der Waals surface area contributed by atoms with Crippen molar-refractivity contribution in [2.75, 3.05) is 11.9 Å². The Morgan fingerprint density at radius 2 is 2.35 bits per heavy atom. The van der Waals surface area contributed by atoms with Gasteiger partial charge in [-0.05, 0) is 37.3 Å². The second kappa shape index (κ2) is 5.79. The number of aryl methyl sites for hydroxylation is 2. The molecule has 4 nitrogen and oxygen atoms in total. The van der Waals surface area contributed by atoms with Gasteiger partial charge in [-0.25, -0.2) is 4.98 Å². The Balaban J connectivity index is 1.84. The maximum atomic E-state index is 12.1. The molecule has 0 atom stereocenters. The van der Waals surface area contributed by atoms with Crippen molar-refractivity contribution in [3.05, 3.63) is 33.1 Å². The average molecular weight is 289 g/mol. The van der Waals surface area contributed by atoms with Crippen LogP contribution in [0.2, 0.25) is 0 Å². The standard InChI is InChI=1S/C15H19N3OS/c1-2-3-7-16-15-18-13(9-20-15)11-8-10-5-4-6-12(10)17-14(11)19/h8-9H,2-7H2,1H3,(H,16,18)(H,17,19). The summed E-state index contributed by atoms with van der Waals surface area (Å²) >= 11 is 1.56. The molecule has 0 fully saturated rings. The monoisotopic (exact) mass is 289 g/mol. The van der Waals surface area contributed by atoms with Gasteiger partial charge in [0.05, 0.1) is 11.3 Å². The molecule has 20 heavy (non-hydrogen) atoms. The molecule has 0 aliphatic heterocycles. The lowest BCUT2D eigenvalue weighted by molar-refractivity contribution is 0.833. The number of nitrogens with zero attached hydrogens (tertiary/aromatic N) is 1. The highest BCUT2D eigenvalue weighted by Gasteiger charge is 2.16. The Morgan fingerprint density at radius 3 is 3.20 bits per heavy atom. The first-order chi connectivity index (χ1) is 9.78. The van der Waals surface area contributed by atoms with Crippen LogP contribution in [0.1, 0.15) is 37.4 Å². The summed E-state index contributed by atoms with van der Waals surface area (Å²) in [6.07, 6.45) is 5.48. The topological polar surface area (TPSA) is 57.8 Å². The molecule has 5 heteroatoms. The molecule has 0 unspecified atom stereocenters. The van der Waals surface area contributed by atoms with Crippen LogP contribution in [0.25, 0.3) is 11.3 Å². The van der Waals surface area contributed by atoms with Gasteiger partial charge < -0.3 is 10.3 Å². The van der Waals surface area contributed by atoms with Crippen LogP contribution in [0.15, 0.2) is 16.2 Å². The number of nitrogens with one attached hydrogen (secondary N) is 2. The predicted molar refractivity (Wildman–Crippen MR) is 83.6 cm³/mol. The molecule has 0 spiro atoms. The number of aromatic nitrogens is 2. The lowest BCUT2D eigenvalue weighted by Gasteiger charge is -2.02. The van der Waals surface area contributed by atoms with E-state index in [1.165, 1.54) is 5.56 Å². The minimum absolute atomic E-state index is 0.0175. The van der Waals surface area contributed by atoms with Gasteiger partial charge in [-0.3, -0.25) is 4.79 Å². The number of pyridine rings is 1. The second-order valence-electron chi connectivity index (χ2n) is 5.19. The van der Waals surface area contributed by atoms with Crippen LogP contribution in [-0.2, 0) is 12.8 Å². The molecule has 0 bridgehead atoms. The Bertz CT molecular complexity index is 659. The van der Waals surface area contributed by atoms with Crippen LogP contribution in [0.3, 0.4) is 0 Å². The van der Waals surface area contributed by atoms with Crippen molar-refractivity contribution in [1.29, 1.82) is 0 Å². The van der Waals surface area contributed by atoms with E-state index >= 15 is 0 Å². The molecule has 3 rings (SSSR count). The number of unbranched alkanes of at least 4 members (excludes halogenated alkanes) is 1. The Labute approximate surface area is 122 Å². The molecule has 2 aromatic rings. The van der Waals surface area contributed by atoms with Crippen molar-refractivity contribution in [3.63, 3.8) is 0 Å². The molecular weight excluding hydrogens is 270 g/mol. The number of anilines is 1. The first-order valence-electron chi connectivity index (χ1n) is 7.22. The highest BCUT2D eigenvalue weighted by atomic mass is 32.1. The third kappa shape index (κ3) is 2.63. The molecule has 0 saturated carbocycles. The van der Waals surface area contributed by atoms with Crippen LogP contribution in [0.5, 0.6) is 0 Å². The summed E-state index contributed by atoms with van der Waals surface area (Å²) in [6, 6.07) is 2.02. The fraction of sp³-hybridized carbons (Fsp3) is 0.467. The highest BCUT2D eigenvalue weighted by Crippen LogP contribution is 2.26. The van der Waals surface area contributed by atoms with Gasteiger partial charge in [0.2, 0.25) is 0 Å². The highest BCUT2D eigenvalue weighted by molar-refractivity contribution is 7.14. The van der Waals surface area contributed by atoms with E-state index in [0.29, 0.717) is 5.56 Å². The van der Waals surface area contributed by atoms with E-state index in [2.05, 4.69) is 22.2 Å². The van der Waals surface area contributed by atoms with Gasteiger partial charge >= 0.3 is 0 Å². The summed E-state index contributed by atoms with van der Waals surface area (Å²) in [5.74, 6) is 0. The number of hydrogen-bond acceptors (Lipinski definition) is 4. The molecule has 0 aromatic carbocycles. The van der Waals surface area contributed by atoms with Crippen LogP contribution in [0.4, 0.5) is 5.13 Å². The van der Waals surface area contributed by atoms with E-state index in [-0.39, 0.29) is 5.56 Å². The molecular formula is C15H19N3OS. The number of H-pyrrole nitrogens is 1. The summed E-state index contributed by atoms with van der Waals surface area (Å²) in [4.78, 5) is 19.7. The third-order valence-electron chi connectivity index (χ3n) is 3.67. The summed E-state index contributed by atoms with van der Waals surface area (Å²) < 4.78 is 0. The number of hydrogen-bond donors (Lipinski definition) is 2. The summed E-state index contributed by atoms with van der Waals surface area (Å²) in [7, 11) is 0. The van der Waals surface area contributed by atoms with Gasteiger partial charge in [-0.2, -0.15) is 0 Å². The van der Waals surface area contributed by atoms with E-state index in [1.54, 1.807) is 11.3 Å². The zero-order chi connectivity index (χ0) is 13.9. The molecule has 106 valence electrons. The van der Waals surface area contributed by atoms with Gasteiger partial charge in [-0.15, -0.1) is 11.3 Å². The minimum atomic E-state index is -0.0175. The molecule has 1 aliphatic carbocycles. The molecule has 2 heterocycles. The van der Waals surface area contributed by atoms with Gasteiger partial charge in [-0.1, -0.05) is 13.3 Å². The molecule has 2 aromatic heterocycles. The zero-order valence-corrected chi connectivity index (χ0v) is 12.5. The Kier molecular flexibility index (Phi) is 3.87. The fourth-order valence-electron chi connectivity index (χ4n) is 2.55. The first-order valence-corrected chi connectivity index (χ1v) is 8.10. The maximum absolute atomic E-state index is 12.1. The van der Waals surface area contributed by atoms with Crippen LogP contribution in [0, 0.1) is 0 Å². The minimum Gasteiger partial charge on any atom is -0.362 e. The quantitative estimate of drug-likeness (QED) is 0.831. The lowest BCUT2D eigenvalue weighted by Crippen LogP contribution is -2.12. The maximum Gasteiger partial charge on any atom is 0.257 e. The third-order valence-corrected chi connectivity index (χ3v) is 4.47. The van der Waals surface area contributed by atoms with E-state index in [9.17, 15) is 4.79 Å². The number of fused-ring (bicyclic) bond motifs is 1.